The number of ether oxygens (including phenoxy) is 2. The highest BCUT2D eigenvalue weighted by Crippen LogP contribution is 2.22. The molecule has 0 spiro atoms. The number of carbonyl (C=O) groups excluding carboxylic acids is 2. The van der Waals surface area contributed by atoms with Crippen LogP contribution in [0, 0.1) is 11.3 Å². The van der Waals surface area contributed by atoms with Crippen LogP contribution in [0.2, 0.25) is 0 Å². The molecule has 0 aromatic heterocycles. The highest BCUT2D eigenvalue weighted by molar-refractivity contribution is 5.77. The van der Waals surface area contributed by atoms with Crippen LogP contribution in [0.25, 0.3) is 0 Å². The van der Waals surface area contributed by atoms with Gasteiger partial charge in [-0.25, -0.2) is 9.78 Å². The second kappa shape index (κ2) is 10.2. The van der Waals surface area contributed by atoms with Gasteiger partial charge in [0, 0.05) is 0 Å². The summed E-state index contributed by atoms with van der Waals surface area (Å²) < 4.78 is 10.2. The van der Waals surface area contributed by atoms with Gasteiger partial charge in [-0.1, -0.05) is 25.7 Å². The molecule has 0 radical (unpaired) electrons. The first-order valence-corrected chi connectivity index (χ1v) is 7.53. The van der Waals surface area contributed by atoms with Crippen LogP contribution in [0.3, 0.4) is 0 Å². The van der Waals surface area contributed by atoms with Crippen LogP contribution in [0.4, 0.5) is 0 Å². The Labute approximate surface area is 138 Å². The minimum Gasteiger partial charge on any atom is -0.464 e. The fraction of sp³-hybridized carbons (Fsp3) is 0.647. The Morgan fingerprint density at radius 1 is 1.09 bits per heavy atom. The first kappa shape index (κ1) is 21.3. The Hall–Kier alpha value is -1.66. The molecule has 0 aromatic rings. The van der Waals surface area contributed by atoms with Crippen molar-refractivity contribution in [2.24, 2.45) is 11.3 Å². The summed E-state index contributed by atoms with van der Waals surface area (Å²) in [5.74, 6) is -1.51. The third-order valence-electron chi connectivity index (χ3n) is 3.12. The second-order valence-electron chi connectivity index (χ2n) is 6.16. The molecule has 0 fully saturated rings. The molecule has 6 heteroatoms. The Morgan fingerprint density at radius 2 is 1.70 bits per heavy atom. The standard InChI is InChI=1S/C17H28O6/c1-8-17(6,7)16(19)20-10-14(15(18)23-13(4)5)11-22-21-9-12(2)3/h14H,2,4,8-11H2,1,3,5-7H3. The van der Waals surface area contributed by atoms with E-state index in [1.165, 1.54) is 0 Å². The second-order valence-corrected chi connectivity index (χ2v) is 6.16. The van der Waals surface area contributed by atoms with Gasteiger partial charge in [-0.05, 0) is 34.1 Å². The zero-order valence-electron chi connectivity index (χ0n) is 14.8. The van der Waals surface area contributed by atoms with E-state index in [2.05, 4.69) is 13.2 Å². The van der Waals surface area contributed by atoms with Gasteiger partial charge < -0.3 is 9.47 Å². The molecule has 0 aliphatic rings. The maximum Gasteiger partial charge on any atom is 0.319 e. The van der Waals surface area contributed by atoms with E-state index in [1.807, 2.05) is 6.92 Å². The normalized spacial score (nSPS) is 12.4. The van der Waals surface area contributed by atoms with E-state index in [0.717, 1.165) is 5.57 Å². The van der Waals surface area contributed by atoms with E-state index in [1.54, 1.807) is 27.7 Å². The lowest BCUT2D eigenvalue weighted by Crippen LogP contribution is -2.32. The average molecular weight is 328 g/mol. The predicted octanol–water partition coefficient (Wildman–Crippen LogP) is 3.18. The number of rotatable bonds is 11. The van der Waals surface area contributed by atoms with Crippen LogP contribution in [0.15, 0.2) is 24.5 Å². The summed E-state index contributed by atoms with van der Waals surface area (Å²) in [6, 6.07) is 0. The van der Waals surface area contributed by atoms with Crippen LogP contribution >= 0.6 is 0 Å². The molecule has 132 valence electrons. The summed E-state index contributed by atoms with van der Waals surface area (Å²) in [6.07, 6.45) is 0.630. The van der Waals surface area contributed by atoms with Gasteiger partial charge >= 0.3 is 11.9 Å². The lowest BCUT2D eigenvalue weighted by Gasteiger charge is -2.22. The monoisotopic (exact) mass is 328 g/mol. The number of hydrogen-bond donors (Lipinski definition) is 0. The van der Waals surface area contributed by atoms with E-state index < -0.39 is 17.3 Å². The molecule has 0 saturated heterocycles. The summed E-state index contributed by atoms with van der Waals surface area (Å²) in [7, 11) is 0. The van der Waals surface area contributed by atoms with Crippen molar-refractivity contribution in [3.63, 3.8) is 0 Å². The van der Waals surface area contributed by atoms with Gasteiger partial charge in [-0.2, -0.15) is 0 Å². The summed E-state index contributed by atoms with van der Waals surface area (Å²) >= 11 is 0. The predicted molar refractivity (Wildman–Crippen MR) is 86.1 cm³/mol. The van der Waals surface area contributed by atoms with Gasteiger partial charge in [0.25, 0.3) is 0 Å². The molecule has 0 heterocycles. The fourth-order valence-electron chi connectivity index (χ4n) is 1.23. The maximum atomic E-state index is 12.0. The number of esters is 2. The summed E-state index contributed by atoms with van der Waals surface area (Å²) in [5, 5.41) is 0. The quantitative estimate of drug-likeness (QED) is 0.145. The van der Waals surface area contributed by atoms with Crippen molar-refractivity contribution in [3.8, 4) is 0 Å². The van der Waals surface area contributed by atoms with Crippen LogP contribution in [0.1, 0.15) is 41.0 Å². The molecule has 0 rings (SSSR count). The van der Waals surface area contributed by atoms with Crippen molar-refractivity contribution >= 4 is 11.9 Å². The van der Waals surface area contributed by atoms with E-state index in [9.17, 15) is 9.59 Å². The van der Waals surface area contributed by atoms with Crippen molar-refractivity contribution in [3.05, 3.63) is 24.5 Å². The molecule has 0 bridgehead atoms. The van der Waals surface area contributed by atoms with Crippen LogP contribution in [-0.2, 0) is 28.8 Å². The molecule has 0 aliphatic carbocycles. The Balaban J connectivity index is 4.59. The van der Waals surface area contributed by atoms with E-state index in [-0.39, 0.29) is 31.5 Å². The fourth-order valence-corrected chi connectivity index (χ4v) is 1.23. The zero-order chi connectivity index (χ0) is 18.0. The zero-order valence-corrected chi connectivity index (χ0v) is 14.8. The number of carbonyl (C=O) groups is 2. The van der Waals surface area contributed by atoms with Gasteiger partial charge in [0.05, 0.1) is 17.8 Å². The first-order valence-electron chi connectivity index (χ1n) is 7.53. The third kappa shape index (κ3) is 9.15. The molecule has 0 amide bonds. The largest absolute Gasteiger partial charge is 0.464 e. The van der Waals surface area contributed by atoms with Gasteiger partial charge in [0.1, 0.15) is 19.1 Å². The molecule has 1 unspecified atom stereocenters. The molecule has 0 aliphatic heterocycles. The highest BCUT2D eigenvalue weighted by atomic mass is 17.2. The van der Waals surface area contributed by atoms with Gasteiger partial charge in [-0.15, -0.1) is 0 Å². The van der Waals surface area contributed by atoms with Crippen molar-refractivity contribution in [2.45, 2.75) is 41.0 Å². The van der Waals surface area contributed by atoms with Crippen molar-refractivity contribution in [2.75, 3.05) is 19.8 Å². The summed E-state index contributed by atoms with van der Waals surface area (Å²) in [5.41, 5.74) is 0.169. The lowest BCUT2D eigenvalue weighted by molar-refractivity contribution is -0.295. The van der Waals surface area contributed by atoms with Crippen molar-refractivity contribution in [1.82, 2.24) is 0 Å². The smallest absolute Gasteiger partial charge is 0.319 e. The molecule has 0 aromatic carbocycles. The molecule has 0 N–H and O–H groups in total. The molecule has 0 saturated carbocycles. The Bertz CT molecular complexity index is 438. The first-order chi connectivity index (χ1) is 10.6. The van der Waals surface area contributed by atoms with Gasteiger partial charge in [-0.3, -0.25) is 9.59 Å². The highest BCUT2D eigenvalue weighted by Gasteiger charge is 2.30. The number of hydrogen-bond acceptors (Lipinski definition) is 6. The van der Waals surface area contributed by atoms with Gasteiger partial charge in [0.15, 0.2) is 0 Å². The van der Waals surface area contributed by atoms with Gasteiger partial charge in [0.2, 0.25) is 0 Å². The van der Waals surface area contributed by atoms with Crippen molar-refractivity contribution in [1.29, 1.82) is 0 Å². The van der Waals surface area contributed by atoms with E-state index in [4.69, 9.17) is 19.2 Å². The van der Waals surface area contributed by atoms with Crippen LogP contribution < -0.4 is 0 Å². The van der Waals surface area contributed by atoms with Crippen molar-refractivity contribution < 1.29 is 28.8 Å². The summed E-state index contributed by atoms with van der Waals surface area (Å²) in [4.78, 5) is 33.9. The molecular weight excluding hydrogens is 300 g/mol. The maximum absolute atomic E-state index is 12.0. The number of allylic oxidation sites excluding steroid dienone is 1. The van der Waals surface area contributed by atoms with Crippen LogP contribution in [-0.4, -0.2) is 31.8 Å². The van der Waals surface area contributed by atoms with Crippen LogP contribution in [0.5, 0.6) is 0 Å². The Kier molecular flexibility index (Phi) is 9.44. The molecule has 1 atom stereocenters. The Morgan fingerprint density at radius 3 is 2.17 bits per heavy atom. The SMILES string of the molecule is C=C(C)COOCC(COC(=O)C(C)(C)CC)C(=O)OC(=C)C. The summed E-state index contributed by atoms with van der Waals surface area (Å²) in [6.45, 7) is 15.9. The van der Waals surface area contributed by atoms with E-state index >= 15 is 0 Å². The molecule has 6 nitrogen and oxygen atoms in total. The topological polar surface area (TPSA) is 71.1 Å². The average Bonchev–Trinajstić information content (AvgIpc) is 2.44. The molecule has 23 heavy (non-hydrogen) atoms. The third-order valence-corrected chi connectivity index (χ3v) is 3.12. The minimum absolute atomic E-state index is 0.0980. The minimum atomic E-state index is -0.798. The lowest BCUT2D eigenvalue weighted by atomic mass is 9.91. The molecular formula is C17H28O6. The van der Waals surface area contributed by atoms with E-state index in [0.29, 0.717) is 6.42 Å².